The van der Waals surface area contributed by atoms with Crippen LogP contribution in [-0.2, 0) is 16.1 Å². The van der Waals surface area contributed by atoms with E-state index in [-0.39, 0.29) is 12.5 Å². The summed E-state index contributed by atoms with van der Waals surface area (Å²) < 4.78 is 5.15. The molecule has 0 radical (unpaired) electrons. The van der Waals surface area contributed by atoms with Crippen molar-refractivity contribution in [1.29, 1.82) is 5.26 Å². The van der Waals surface area contributed by atoms with Crippen molar-refractivity contribution in [3.8, 4) is 6.07 Å². The van der Waals surface area contributed by atoms with Gasteiger partial charge in [0.15, 0.2) is 0 Å². The highest BCUT2D eigenvalue weighted by atomic mass is 16.5. The van der Waals surface area contributed by atoms with E-state index >= 15 is 0 Å². The van der Waals surface area contributed by atoms with Crippen molar-refractivity contribution in [1.82, 2.24) is 10.6 Å². The lowest BCUT2D eigenvalue weighted by Gasteiger charge is -2.24. The topological polar surface area (TPSA) is 91.2 Å². The highest BCUT2D eigenvalue weighted by molar-refractivity contribution is 5.86. The number of carbonyl (C=O) groups is 2. The van der Waals surface area contributed by atoms with E-state index in [1.54, 1.807) is 13.8 Å². The number of ether oxygens (including phenoxy) is 1. The smallest absolute Gasteiger partial charge is 0.408 e. The quantitative estimate of drug-likeness (QED) is 0.803. The van der Waals surface area contributed by atoms with Gasteiger partial charge in [-0.3, -0.25) is 4.79 Å². The predicted octanol–water partition coefficient (Wildman–Crippen LogP) is 2.75. The third kappa shape index (κ3) is 7.14. The van der Waals surface area contributed by atoms with E-state index in [0.29, 0.717) is 6.42 Å². The number of hydrogen-bond donors (Lipinski definition) is 2. The van der Waals surface area contributed by atoms with Gasteiger partial charge in [-0.2, -0.15) is 5.26 Å². The molecule has 0 spiro atoms. The molecule has 0 unspecified atom stereocenters. The fourth-order valence-corrected chi connectivity index (χ4v) is 2.03. The van der Waals surface area contributed by atoms with Gasteiger partial charge in [-0.25, -0.2) is 4.79 Å². The molecule has 6 heteroatoms. The van der Waals surface area contributed by atoms with Gasteiger partial charge in [0.05, 0.1) is 6.07 Å². The first-order valence-corrected chi connectivity index (χ1v) is 7.94. The fraction of sp³-hybridized carbons (Fsp3) is 0.500. The summed E-state index contributed by atoms with van der Waals surface area (Å²) in [5.74, 6) is -0.202. The number of amides is 2. The van der Waals surface area contributed by atoms with Crippen LogP contribution in [-0.4, -0.2) is 23.6 Å². The minimum atomic E-state index is -0.998. The minimum absolute atomic E-state index is 0.131. The fourth-order valence-electron chi connectivity index (χ4n) is 2.03. The Morgan fingerprint density at radius 3 is 2.42 bits per heavy atom. The van der Waals surface area contributed by atoms with Crippen LogP contribution in [0.5, 0.6) is 0 Å². The number of benzene rings is 1. The number of nitriles is 1. The van der Waals surface area contributed by atoms with Crippen molar-refractivity contribution in [3.05, 3.63) is 35.9 Å². The van der Waals surface area contributed by atoms with Crippen LogP contribution in [0.2, 0.25) is 0 Å². The van der Waals surface area contributed by atoms with Crippen LogP contribution in [0.3, 0.4) is 0 Å². The Morgan fingerprint density at radius 2 is 1.88 bits per heavy atom. The largest absolute Gasteiger partial charge is 0.445 e. The normalized spacial score (nSPS) is 12.2. The Bertz CT molecular complexity index is 591. The van der Waals surface area contributed by atoms with Gasteiger partial charge >= 0.3 is 6.09 Å². The molecule has 1 atom stereocenters. The zero-order chi connectivity index (χ0) is 18.2. The van der Waals surface area contributed by atoms with Gasteiger partial charge in [0.25, 0.3) is 0 Å². The molecule has 0 aliphatic rings. The molecular weight excluding hydrogens is 306 g/mol. The highest BCUT2D eigenvalue weighted by Crippen LogP contribution is 2.08. The van der Waals surface area contributed by atoms with Crippen LogP contribution in [0.4, 0.5) is 4.79 Å². The molecule has 2 amide bonds. The first kappa shape index (κ1) is 19.5. The second-order valence-electron chi connectivity index (χ2n) is 6.61. The van der Waals surface area contributed by atoms with Gasteiger partial charge in [0, 0.05) is 0 Å². The lowest BCUT2D eigenvalue weighted by Crippen LogP contribution is -2.53. The molecule has 0 aliphatic carbocycles. The Morgan fingerprint density at radius 1 is 1.25 bits per heavy atom. The second-order valence-corrected chi connectivity index (χ2v) is 6.61. The average molecular weight is 331 g/mol. The van der Waals surface area contributed by atoms with Crippen molar-refractivity contribution in [2.24, 2.45) is 5.92 Å². The standard InChI is InChI=1S/C18H25N3O3/c1-13(2)10-15(16(22)21-18(3,4)12-19)20-17(23)24-11-14-8-6-5-7-9-14/h5-9,13,15H,10-11H2,1-4H3,(H,20,23)(H,21,22)/t15-/m0/s1. The van der Waals surface area contributed by atoms with E-state index in [1.807, 2.05) is 50.2 Å². The lowest BCUT2D eigenvalue weighted by molar-refractivity contribution is -0.124. The maximum atomic E-state index is 12.3. The van der Waals surface area contributed by atoms with Crippen molar-refractivity contribution in [2.75, 3.05) is 0 Å². The third-order valence-corrected chi connectivity index (χ3v) is 3.24. The second kappa shape index (κ2) is 8.92. The molecular formula is C18H25N3O3. The number of hydrogen-bond acceptors (Lipinski definition) is 4. The van der Waals surface area contributed by atoms with Crippen molar-refractivity contribution < 1.29 is 14.3 Å². The summed E-state index contributed by atoms with van der Waals surface area (Å²) in [6, 6.07) is 10.5. The van der Waals surface area contributed by atoms with Gasteiger partial charge < -0.3 is 15.4 Å². The number of alkyl carbamates (subject to hydrolysis) is 1. The van der Waals surface area contributed by atoms with Crippen molar-refractivity contribution >= 4 is 12.0 Å². The van der Waals surface area contributed by atoms with Gasteiger partial charge in [-0.1, -0.05) is 44.2 Å². The predicted molar refractivity (Wildman–Crippen MR) is 90.8 cm³/mol. The molecule has 0 heterocycles. The number of nitrogens with zero attached hydrogens (tertiary/aromatic N) is 1. The zero-order valence-corrected chi connectivity index (χ0v) is 14.6. The van der Waals surface area contributed by atoms with Gasteiger partial charge in [0.1, 0.15) is 18.2 Å². The van der Waals surface area contributed by atoms with Crippen LogP contribution in [0.1, 0.15) is 39.7 Å². The molecule has 0 fully saturated rings. The maximum Gasteiger partial charge on any atom is 0.408 e. The molecule has 0 saturated carbocycles. The minimum Gasteiger partial charge on any atom is -0.445 e. The summed E-state index contributed by atoms with van der Waals surface area (Å²) in [5, 5.41) is 14.2. The van der Waals surface area contributed by atoms with Crippen LogP contribution >= 0.6 is 0 Å². The Labute approximate surface area is 143 Å². The van der Waals surface area contributed by atoms with E-state index < -0.39 is 23.6 Å². The first-order valence-electron chi connectivity index (χ1n) is 7.94. The molecule has 2 N–H and O–H groups in total. The number of carbonyl (C=O) groups excluding carboxylic acids is 2. The van der Waals surface area contributed by atoms with Gasteiger partial charge in [-0.15, -0.1) is 0 Å². The first-order chi connectivity index (χ1) is 11.2. The lowest BCUT2D eigenvalue weighted by atomic mass is 10.0. The number of nitrogens with one attached hydrogen (secondary N) is 2. The molecule has 24 heavy (non-hydrogen) atoms. The summed E-state index contributed by atoms with van der Waals surface area (Å²) in [7, 11) is 0. The SMILES string of the molecule is CC(C)C[C@H](NC(=O)OCc1ccccc1)C(=O)NC(C)(C)C#N. The van der Waals surface area contributed by atoms with Crippen molar-refractivity contribution in [2.45, 2.75) is 52.3 Å². The Balaban J connectivity index is 2.63. The molecule has 1 rings (SSSR count). The van der Waals surface area contributed by atoms with Crippen LogP contribution in [0, 0.1) is 17.2 Å². The third-order valence-electron chi connectivity index (χ3n) is 3.24. The van der Waals surface area contributed by atoms with Gasteiger partial charge in [0.2, 0.25) is 5.91 Å². The van der Waals surface area contributed by atoms with Crippen LogP contribution < -0.4 is 10.6 Å². The maximum absolute atomic E-state index is 12.3. The zero-order valence-electron chi connectivity index (χ0n) is 14.6. The summed E-state index contributed by atoms with van der Waals surface area (Å²) in [5.41, 5.74) is -0.134. The molecule has 1 aromatic rings. The van der Waals surface area contributed by atoms with E-state index in [0.717, 1.165) is 5.56 Å². The molecule has 1 aromatic carbocycles. The summed E-state index contributed by atoms with van der Waals surface area (Å²) in [4.78, 5) is 24.3. The molecule has 0 saturated heterocycles. The Hall–Kier alpha value is -2.55. The van der Waals surface area contributed by atoms with Gasteiger partial charge in [-0.05, 0) is 31.7 Å². The average Bonchev–Trinajstić information content (AvgIpc) is 2.52. The van der Waals surface area contributed by atoms with E-state index in [1.165, 1.54) is 0 Å². The van der Waals surface area contributed by atoms with Crippen molar-refractivity contribution in [3.63, 3.8) is 0 Å². The molecule has 6 nitrogen and oxygen atoms in total. The molecule has 0 aromatic heterocycles. The summed E-state index contributed by atoms with van der Waals surface area (Å²) >= 11 is 0. The van der Waals surface area contributed by atoms with Crippen LogP contribution in [0.25, 0.3) is 0 Å². The Kier molecular flexibility index (Phi) is 7.25. The molecule has 0 aliphatic heterocycles. The molecule has 130 valence electrons. The van der Waals surface area contributed by atoms with E-state index in [4.69, 9.17) is 10.00 Å². The summed E-state index contributed by atoms with van der Waals surface area (Å²) in [6.07, 6.45) is -0.206. The van der Waals surface area contributed by atoms with E-state index in [9.17, 15) is 9.59 Å². The summed E-state index contributed by atoms with van der Waals surface area (Å²) in [6.45, 7) is 7.24. The monoisotopic (exact) mass is 331 g/mol. The number of rotatable bonds is 7. The molecule has 0 bridgehead atoms. The highest BCUT2D eigenvalue weighted by Gasteiger charge is 2.27. The van der Waals surface area contributed by atoms with E-state index in [2.05, 4.69) is 10.6 Å². The van der Waals surface area contributed by atoms with Crippen LogP contribution in [0.15, 0.2) is 30.3 Å².